The van der Waals surface area contributed by atoms with Crippen LogP contribution in [0.1, 0.15) is 16.2 Å². The number of carboxylic acid groups (broad SMARTS) is 1. The van der Waals surface area contributed by atoms with Crippen LogP contribution >= 0.6 is 0 Å². The molecule has 0 saturated heterocycles. The van der Waals surface area contributed by atoms with Gasteiger partial charge in [0.05, 0.1) is 5.56 Å². The third-order valence-electron chi connectivity index (χ3n) is 2.98. The van der Waals surface area contributed by atoms with Crippen molar-refractivity contribution in [1.29, 1.82) is 0 Å². The molecule has 21 heavy (non-hydrogen) atoms. The fourth-order valence-electron chi connectivity index (χ4n) is 1.79. The number of hydrogen-bond acceptors (Lipinski definition) is 5. The molecule has 0 aliphatic carbocycles. The second-order valence-corrected chi connectivity index (χ2v) is 4.54. The van der Waals surface area contributed by atoms with Crippen molar-refractivity contribution in [3.8, 4) is 5.75 Å². The van der Waals surface area contributed by atoms with E-state index < -0.39 is 5.97 Å². The number of aromatic carboxylic acids is 1. The van der Waals surface area contributed by atoms with Gasteiger partial charge in [-0.05, 0) is 24.3 Å². The van der Waals surface area contributed by atoms with E-state index in [1.54, 1.807) is 18.5 Å². The van der Waals surface area contributed by atoms with Gasteiger partial charge < -0.3 is 19.7 Å². The lowest BCUT2D eigenvalue weighted by atomic mass is 10.2. The Hall–Kier alpha value is -2.41. The summed E-state index contributed by atoms with van der Waals surface area (Å²) in [5, 5.41) is 19.8. The Labute approximate surface area is 122 Å². The Kier molecular flexibility index (Phi) is 5.28. The highest BCUT2D eigenvalue weighted by molar-refractivity contribution is 5.87. The van der Waals surface area contributed by atoms with Crippen molar-refractivity contribution in [2.75, 3.05) is 19.7 Å². The highest BCUT2D eigenvalue weighted by atomic mass is 16.5. The Morgan fingerprint density at radius 2 is 2.10 bits per heavy atom. The normalized spacial score (nSPS) is 10.5. The molecule has 7 nitrogen and oxygen atoms in total. The van der Waals surface area contributed by atoms with E-state index in [4.69, 9.17) is 9.84 Å². The number of rotatable bonds is 8. The number of hydrogen-bond donors (Lipinski definition) is 2. The first-order valence-corrected chi connectivity index (χ1v) is 6.66. The van der Waals surface area contributed by atoms with Gasteiger partial charge in [0, 0.05) is 26.6 Å². The smallest absolute Gasteiger partial charge is 0.335 e. The van der Waals surface area contributed by atoms with Gasteiger partial charge in [0.1, 0.15) is 24.5 Å². The van der Waals surface area contributed by atoms with Crippen LogP contribution in [0.3, 0.4) is 0 Å². The van der Waals surface area contributed by atoms with Gasteiger partial charge in [-0.25, -0.2) is 4.79 Å². The van der Waals surface area contributed by atoms with Crippen LogP contribution < -0.4 is 10.1 Å². The fourth-order valence-corrected chi connectivity index (χ4v) is 1.79. The van der Waals surface area contributed by atoms with E-state index in [-0.39, 0.29) is 5.56 Å². The number of aromatic nitrogens is 3. The standard InChI is InChI=1S/C14H18N4O3/c1-18-10-16-17-13(18)6-7-15-8-9-21-12-4-2-11(3-5-12)14(19)20/h2-5,10,15H,6-9H2,1H3,(H,19,20). The first-order valence-electron chi connectivity index (χ1n) is 6.66. The van der Waals surface area contributed by atoms with Crippen molar-refractivity contribution in [3.05, 3.63) is 42.0 Å². The van der Waals surface area contributed by atoms with E-state index in [1.807, 2.05) is 11.6 Å². The summed E-state index contributed by atoms with van der Waals surface area (Å²) in [4.78, 5) is 10.7. The summed E-state index contributed by atoms with van der Waals surface area (Å²) in [6.07, 6.45) is 2.49. The number of carboxylic acids is 1. The van der Waals surface area contributed by atoms with Crippen LogP contribution in [0.15, 0.2) is 30.6 Å². The fraction of sp³-hybridized carbons (Fsp3) is 0.357. The highest BCUT2D eigenvalue weighted by Gasteiger charge is 2.02. The van der Waals surface area contributed by atoms with Crippen molar-refractivity contribution in [3.63, 3.8) is 0 Å². The zero-order valence-electron chi connectivity index (χ0n) is 11.8. The minimum absolute atomic E-state index is 0.254. The molecule has 0 radical (unpaired) electrons. The maximum absolute atomic E-state index is 10.7. The molecule has 2 rings (SSSR count). The first-order chi connectivity index (χ1) is 10.2. The van der Waals surface area contributed by atoms with Gasteiger partial charge in [-0.3, -0.25) is 0 Å². The van der Waals surface area contributed by atoms with Crippen molar-refractivity contribution in [2.24, 2.45) is 7.05 Å². The summed E-state index contributed by atoms with van der Waals surface area (Å²) < 4.78 is 7.40. The molecule has 2 N–H and O–H groups in total. The van der Waals surface area contributed by atoms with E-state index in [2.05, 4.69) is 15.5 Å². The molecule has 0 aliphatic rings. The Bertz CT molecular complexity index is 580. The Morgan fingerprint density at radius 3 is 2.71 bits per heavy atom. The molecule has 0 amide bonds. The third kappa shape index (κ3) is 4.57. The lowest BCUT2D eigenvalue weighted by Gasteiger charge is -2.07. The average molecular weight is 290 g/mol. The topological polar surface area (TPSA) is 89.3 Å². The van der Waals surface area contributed by atoms with Crippen LogP contribution in [0, 0.1) is 0 Å². The number of aryl methyl sites for hydroxylation is 1. The summed E-state index contributed by atoms with van der Waals surface area (Å²) in [5.74, 6) is 0.662. The minimum atomic E-state index is -0.938. The van der Waals surface area contributed by atoms with E-state index in [9.17, 15) is 4.79 Å². The molecule has 1 aromatic carbocycles. The van der Waals surface area contributed by atoms with Crippen LogP contribution in [0.4, 0.5) is 0 Å². The summed E-state index contributed by atoms with van der Waals surface area (Å²) in [7, 11) is 1.92. The second kappa shape index (κ2) is 7.39. The summed E-state index contributed by atoms with van der Waals surface area (Å²) >= 11 is 0. The molecule has 1 aromatic heterocycles. The summed E-state index contributed by atoms with van der Waals surface area (Å²) in [6, 6.07) is 6.37. The molecule has 1 heterocycles. The van der Waals surface area contributed by atoms with E-state index in [1.165, 1.54) is 12.1 Å². The van der Waals surface area contributed by atoms with Gasteiger partial charge in [0.15, 0.2) is 0 Å². The lowest BCUT2D eigenvalue weighted by Crippen LogP contribution is -2.24. The van der Waals surface area contributed by atoms with Crippen molar-refractivity contribution < 1.29 is 14.6 Å². The second-order valence-electron chi connectivity index (χ2n) is 4.54. The van der Waals surface area contributed by atoms with Gasteiger partial charge in [-0.15, -0.1) is 10.2 Å². The highest BCUT2D eigenvalue weighted by Crippen LogP contribution is 2.11. The molecular formula is C14H18N4O3. The maximum Gasteiger partial charge on any atom is 0.335 e. The summed E-state index contributed by atoms with van der Waals surface area (Å²) in [5.41, 5.74) is 0.254. The zero-order valence-corrected chi connectivity index (χ0v) is 11.8. The van der Waals surface area contributed by atoms with Crippen LogP contribution in [0.2, 0.25) is 0 Å². The van der Waals surface area contributed by atoms with Crippen LogP contribution in [-0.4, -0.2) is 45.5 Å². The van der Waals surface area contributed by atoms with Crippen molar-refractivity contribution in [1.82, 2.24) is 20.1 Å². The van der Waals surface area contributed by atoms with Crippen molar-refractivity contribution >= 4 is 5.97 Å². The predicted molar refractivity (Wildman–Crippen MR) is 76.5 cm³/mol. The molecule has 0 saturated carbocycles. The number of ether oxygens (including phenoxy) is 1. The molecular weight excluding hydrogens is 272 g/mol. The number of carbonyl (C=O) groups is 1. The Morgan fingerprint density at radius 1 is 1.33 bits per heavy atom. The molecule has 7 heteroatoms. The lowest BCUT2D eigenvalue weighted by molar-refractivity contribution is 0.0697. The van der Waals surface area contributed by atoms with Gasteiger partial charge >= 0.3 is 5.97 Å². The van der Waals surface area contributed by atoms with Crippen LogP contribution in [-0.2, 0) is 13.5 Å². The Balaban J connectivity index is 1.61. The maximum atomic E-state index is 10.7. The van der Waals surface area contributed by atoms with E-state index in [0.717, 1.165) is 18.8 Å². The largest absolute Gasteiger partial charge is 0.492 e. The predicted octanol–water partition coefficient (Wildman–Crippen LogP) is 0.724. The van der Waals surface area contributed by atoms with Crippen LogP contribution in [0.25, 0.3) is 0 Å². The van der Waals surface area contributed by atoms with Gasteiger partial charge in [-0.1, -0.05) is 0 Å². The van der Waals surface area contributed by atoms with Gasteiger partial charge in [0.25, 0.3) is 0 Å². The quantitative estimate of drug-likeness (QED) is 0.697. The monoisotopic (exact) mass is 290 g/mol. The van der Waals surface area contributed by atoms with Gasteiger partial charge in [0.2, 0.25) is 0 Å². The molecule has 0 bridgehead atoms. The average Bonchev–Trinajstić information content (AvgIpc) is 2.88. The molecule has 0 atom stereocenters. The molecule has 0 spiro atoms. The summed E-state index contributed by atoms with van der Waals surface area (Å²) in [6.45, 7) is 2.03. The molecule has 112 valence electrons. The number of nitrogens with zero attached hydrogens (tertiary/aromatic N) is 3. The number of benzene rings is 1. The zero-order chi connectivity index (χ0) is 15.1. The SMILES string of the molecule is Cn1cnnc1CCNCCOc1ccc(C(=O)O)cc1. The molecule has 2 aromatic rings. The third-order valence-corrected chi connectivity index (χ3v) is 2.98. The van der Waals surface area contributed by atoms with Gasteiger partial charge in [-0.2, -0.15) is 0 Å². The first kappa shape index (κ1) is 15.0. The minimum Gasteiger partial charge on any atom is -0.492 e. The van der Waals surface area contributed by atoms with Crippen molar-refractivity contribution in [2.45, 2.75) is 6.42 Å². The molecule has 0 unspecified atom stereocenters. The number of nitrogens with one attached hydrogen (secondary N) is 1. The van der Waals surface area contributed by atoms with E-state index in [0.29, 0.717) is 18.9 Å². The van der Waals surface area contributed by atoms with Crippen LogP contribution in [0.5, 0.6) is 5.75 Å². The molecule has 0 fully saturated rings. The van der Waals surface area contributed by atoms with E-state index >= 15 is 0 Å². The molecule has 0 aliphatic heterocycles.